The van der Waals surface area contributed by atoms with Crippen molar-refractivity contribution in [3.8, 4) is 0 Å². The molecule has 1 aromatic heterocycles. The molecule has 0 spiro atoms. The van der Waals surface area contributed by atoms with Gasteiger partial charge in [-0.05, 0) is 12.5 Å². The molecule has 2 aromatic rings. The fourth-order valence-electron chi connectivity index (χ4n) is 1.52. The van der Waals surface area contributed by atoms with Crippen LogP contribution >= 0.6 is 23.1 Å². The van der Waals surface area contributed by atoms with Crippen molar-refractivity contribution in [2.75, 3.05) is 12.8 Å². The van der Waals surface area contributed by atoms with Gasteiger partial charge in [0.05, 0.1) is 5.75 Å². The highest BCUT2D eigenvalue weighted by molar-refractivity contribution is 8.01. The molecular weight excluding hydrogens is 278 g/mol. The highest BCUT2D eigenvalue weighted by Crippen LogP contribution is 2.22. The van der Waals surface area contributed by atoms with Gasteiger partial charge in [-0.2, -0.15) is 0 Å². The molecule has 19 heavy (non-hydrogen) atoms. The third kappa shape index (κ3) is 4.33. The number of rotatable bonds is 5. The molecule has 2 rings (SSSR count). The highest BCUT2D eigenvalue weighted by Gasteiger charge is 2.11. The second-order valence-corrected chi connectivity index (χ2v) is 6.52. The van der Waals surface area contributed by atoms with E-state index in [2.05, 4.69) is 10.2 Å². The van der Waals surface area contributed by atoms with Crippen LogP contribution in [-0.2, 0) is 11.3 Å². The normalized spacial score (nSPS) is 10.4. The summed E-state index contributed by atoms with van der Waals surface area (Å²) >= 11 is 2.96. The van der Waals surface area contributed by atoms with E-state index in [1.165, 1.54) is 23.1 Å². The third-order valence-corrected chi connectivity index (χ3v) is 4.47. The summed E-state index contributed by atoms with van der Waals surface area (Å²) in [6, 6.07) is 9.97. The van der Waals surface area contributed by atoms with E-state index in [0.29, 0.717) is 12.3 Å². The molecule has 6 heteroatoms. The second kappa shape index (κ2) is 6.68. The van der Waals surface area contributed by atoms with E-state index in [4.69, 9.17) is 0 Å². The predicted octanol–water partition coefficient (Wildman–Crippen LogP) is 2.60. The lowest BCUT2D eigenvalue weighted by Crippen LogP contribution is -2.27. The molecule has 4 nitrogen and oxygen atoms in total. The van der Waals surface area contributed by atoms with Gasteiger partial charge in [-0.25, -0.2) is 0 Å². The summed E-state index contributed by atoms with van der Waals surface area (Å²) in [6.07, 6.45) is 0. The number of thioether (sulfide) groups is 1. The topological polar surface area (TPSA) is 46.1 Å². The van der Waals surface area contributed by atoms with Gasteiger partial charge in [0.25, 0.3) is 0 Å². The van der Waals surface area contributed by atoms with E-state index in [0.717, 1.165) is 14.9 Å². The van der Waals surface area contributed by atoms with Crippen molar-refractivity contribution in [2.24, 2.45) is 0 Å². The smallest absolute Gasteiger partial charge is 0.233 e. The lowest BCUT2D eigenvalue weighted by molar-refractivity contribution is -0.127. The fourth-order valence-corrected chi connectivity index (χ4v) is 3.27. The number of carbonyl (C=O) groups is 1. The van der Waals surface area contributed by atoms with Crippen LogP contribution in [0.1, 0.15) is 10.6 Å². The van der Waals surface area contributed by atoms with Gasteiger partial charge in [-0.15, -0.1) is 10.2 Å². The van der Waals surface area contributed by atoms with Crippen molar-refractivity contribution < 1.29 is 4.79 Å². The van der Waals surface area contributed by atoms with Gasteiger partial charge in [0, 0.05) is 13.6 Å². The lowest BCUT2D eigenvalue weighted by atomic mass is 10.2. The summed E-state index contributed by atoms with van der Waals surface area (Å²) in [6.45, 7) is 2.54. The number of hydrogen-bond acceptors (Lipinski definition) is 5. The minimum atomic E-state index is 0.0988. The molecule has 0 radical (unpaired) electrons. The van der Waals surface area contributed by atoms with Crippen LogP contribution < -0.4 is 0 Å². The summed E-state index contributed by atoms with van der Waals surface area (Å²) in [5, 5.41) is 8.85. The maximum atomic E-state index is 12.0. The molecule has 0 atom stereocenters. The Morgan fingerprint density at radius 2 is 2.05 bits per heavy atom. The van der Waals surface area contributed by atoms with Crippen molar-refractivity contribution in [1.29, 1.82) is 0 Å². The van der Waals surface area contributed by atoms with Gasteiger partial charge in [0.2, 0.25) is 5.91 Å². The molecule has 0 saturated heterocycles. The SMILES string of the molecule is Cc1nnc(SCC(=O)N(C)Cc2ccccc2)s1. The summed E-state index contributed by atoms with van der Waals surface area (Å²) in [7, 11) is 1.82. The highest BCUT2D eigenvalue weighted by atomic mass is 32.2. The largest absolute Gasteiger partial charge is 0.341 e. The molecule has 0 N–H and O–H groups in total. The molecule has 1 aromatic carbocycles. The zero-order valence-electron chi connectivity index (χ0n) is 10.9. The molecule has 0 fully saturated rings. The molecule has 0 aliphatic carbocycles. The molecule has 1 amide bonds. The van der Waals surface area contributed by atoms with Gasteiger partial charge in [-0.3, -0.25) is 4.79 Å². The van der Waals surface area contributed by atoms with Crippen LogP contribution in [0.4, 0.5) is 0 Å². The second-order valence-electron chi connectivity index (χ2n) is 4.11. The monoisotopic (exact) mass is 293 g/mol. The molecule has 0 bridgehead atoms. The first kappa shape index (κ1) is 14.0. The maximum absolute atomic E-state index is 12.0. The Hall–Kier alpha value is -1.40. The molecule has 0 aliphatic heterocycles. The van der Waals surface area contributed by atoms with Gasteiger partial charge < -0.3 is 4.90 Å². The predicted molar refractivity (Wildman–Crippen MR) is 78.3 cm³/mol. The fraction of sp³-hybridized carbons (Fsp3) is 0.308. The van der Waals surface area contributed by atoms with Gasteiger partial charge >= 0.3 is 0 Å². The summed E-state index contributed by atoms with van der Waals surface area (Å²) in [5.74, 6) is 0.500. The Kier molecular flexibility index (Phi) is 4.93. The number of carbonyl (C=O) groups excluding carboxylic acids is 1. The first-order valence-corrected chi connectivity index (χ1v) is 7.66. The molecular formula is C13H15N3OS2. The zero-order valence-corrected chi connectivity index (χ0v) is 12.5. The van der Waals surface area contributed by atoms with Gasteiger partial charge in [-0.1, -0.05) is 53.4 Å². The summed E-state index contributed by atoms with van der Waals surface area (Å²) in [4.78, 5) is 13.7. The van der Waals surface area contributed by atoms with Crippen LogP contribution in [-0.4, -0.2) is 33.8 Å². The number of aryl methyl sites for hydroxylation is 1. The van der Waals surface area contributed by atoms with E-state index in [1.807, 2.05) is 44.3 Å². The van der Waals surface area contributed by atoms with Crippen molar-refractivity contribution >= 4 is 29.0 Å². The average Bonchev–Trinajstić information content (AvgIpc) is 2.83. The van der Waals surface area contributed by atoms with Crippen molar-refractivity contribution in [1.82, 2.24) is 15.1 Å². The van der Waals surface area contributed by atoms with E-state index in [-0.39, 0.29) is 5.91 Å². The van der Waals surface area contributed by atoms with E-state index < -0.39 is 0 Å². The molecule has 1 heterocycles. The minimum absolute atomic E-state index is 0.0988. The first-order chi connectivity index (χ1) is 9.15. The number of nitrogens with zero attached hydrogens (tertiary/aromatic N) is 3. The van der Waals surface area contributed by atoms with Crippen LogP contribution in [0.15, 0.2) is 34.7 Å². The number of amides is 1. The van der Waals surface area contributed by atoms with Crippen LogP contribution in [0.25, 0.3) is 0 Å². The van der Waals surface area contributed by atoms with Gasteiger partial charge in [0.15, 0.2) is 4.34 Å². The van der Waals surface area contributed by atoms with Crippen molar-refractivity contribution in [3.05, 3.63) is 40.9 Å². The number of aromatic nitrogens is 2. The van der Waals surface area contributed by atoms with Crippen LogP contribution in [0.2, 0.25) is 0 Å². The Labute approximate surface area is 120 Å². The summed E-state index contributed by atoms with van der Waals surface area (Å²) in [5.41, 5.74) is 1.13. The van der Waals surface area contributed by atoms with Crippen molar-refractivity contribution in [3.63, 3.8) is 0 Å². The quantitative estimate of drug-likeness (QED) is 0.795. The molecule has 0 saturated carbocycles. The van der Waals surface area contributed by atoms with Gasteiger partial charge in [0.1, 0.15) is 5.01 Å². The Balaban J connectivity index is 1.82. The Morgan fingerprint density at radius 1 is 1.32 bits per heavy atom. The zero-order chi connectivity index (χ0) is 13.7. The van der Waals surface area contributed by atoms with Crippen LogP contribution in [0.3, 0.4) is 0 Å². The molecule has 100 valence electrons. The van der Waals surface area contributed by atoms with Crippen LogP contribution in [0, 0.1) is 6.92 Å². The van der Waals surface area contributed by atoms with E-state index in [1.54, 1.807) is 4.90 Å². The first-order valence-electron chi connectivity index (χ1n) is 5.86. The Morgan fingerprint density at radius 3 is 2.68 bits per heavy atom. The molecule has 0 unspecified atom stereocenters. The Bertz CT molecular complexity index is 542. The maximum Gasteiger partial charge on any atom is 0.233 e. The van der Waals surface area contributed by atoms with E-state index in [9.17, 15) is 4.79 Å². The standard InChI is InChI=1S/C13H15N3OS2/c1-10-14-15-13(19-10)18-9-12(17)16(2)8-11-6-4-3-5-7-11/h3-7H,8-9H2,1-2H3. The lowest BCUT2D eigenvalue weighted by Gasteiger charge is -2.16. The minimum Gasteiger partial charge on any atom is -0.341 e. The van der Waals surface area contributed by atoms with Crippen LogP contribution in [0.5, 0.6) is 0 Å². The average molecular weight is 293 g/mol. The van der Waals surface area contributed by atoms with E-state index >= 15 is 0 Å². The summed E-state index contributed by atoms with van der Waals surface area (Å²) < 4.78 is 0.846. The molecule has 0 aliphatic rings. The third-order valence-electron chi connectivity index (χ3n) is 2.51. The number of benzene rings is 1. The van der Waals surface area contributed by atoms with Crippen molar-refractivity contribution in [2.45, 2.75) is 17.8 Å². The number of hydrogen-bond donors (Lipinski definition) is 0.